The van der Waals surface area contributed by atoms with E-state index >= 15 is 0 Å². The highest BCUT2D eigenvalue weighted by atomic mass is 35.5. The quantitative estimate of drug-likeness (QED) is 0.545. The van der Waals surface area contributed by atoms with Crippen molar-refractivity contribution in [2.75, 3.05) is 31.7 Å². The fourth-order valence-electron chi connectivity index (χ4n) is 3.49. The number of hydrogen-bond donors (Lipinski definition) is 2. The van der Waals surface area contributed by atoms with Gasteiger partial charge in [0.1, 0.15) is 5.75 Å². The minimum Gasteiger partial charge on any atom is -0.493 e. The minimum absolute atomic E-state index is 0.133. The number of hydrogen-bond acceptors (Lipinski definition) is 5. The zero-order valence-corrected chi connectivity index (χ0v) is 19.5. The number of aliphatic hydroxyl groups excluding tert-OH is 1. The maximum absolute atomic E-state index is 13.2. The monoisotopic (exact) mass is 490 g/mol. The number of carbonyl (C=O) groups excluding carboxylic acids is 2. The average molecular weight is 491 g/mol. The van der Waals surface area contributed by atoms with E-state index in [4.69, 9.17) is 33.0 Å². The van der Waals surface area contributed by atoms with Gasteiger partial charge in [-0.1, -0.05) is 23.2 Å². The molecule has 2 amide bonds. The summed E-state index contributed by atoms with van der Waals surface area (Å²) in [7, 11) is 1.67. The normalized spacial score (nSPS) is 12.2. The molecule has 0 spiro atoms. The van der Waals surface area contributed by atoms with Crippen LogP contribution in [-0.4, -0.2) is 43.7 Å². The van der Waals surface area contributed by atoms with Gasteiger partial charge in [-0.25, -0.2) is 0 Å². The van der Waals surface area contributed by atoms with Crippen molar-refractivity contribution in [1.29, 1.82) is 0 Å². The predicted molar refractivity (Wildman–Crippen MR) is 128 cm³/mol. The van der Waals surface area contributed by atoms with Crippen LogP contribution in [0.1, 0.15) is 25.6 Å². The van der Waals surface area contributed by atoms with Gasteiger partial charge in [0.2, 0.25) is 0 Å². The number of thiophene rings is 1. The van der Waals surface area contributed by atoms with Crippen molar-refractivity contribution in [3.8, 4) is 16.2 Å². The SMILES string of the molecule is CN(C(=O)c1cc2c(s1)-c1cc(C(=O)NCCO)ccc1OCC2)c1ccc(Cl)cc1Cl. The van der Waals surface area contributed by atoms with Crippen molar-refractivity contribution in [3.05, 3.63) is 68.5 Å². The molecule has 0 aliphatic carbocycles. The molecule has 0 unspecified atom stereocenters. The molecule has 166 valence electrons. The van der Waals surface area contributed by atoms with Gasteiger partial charge in [0.25, 0.3) is 11.8 Å². The molecule has 0 atom stereocenters. The van der Waals surface area contributed by atoms with Crippen LogP contribution in [0.4, 0.5) is 5.69 Å². The van der Waals surface area contributed by atoms with Gasteiger partial charge >= 0.3 is 0 Å². The number of fused-ring (bicyclic) bond motifs is 3. The van der Waals surface area contributed by atoms with Gasteiger partial charge in [-0.15, -0.1) is 11.3 Å². The Kier molecular flexibility index (Phi) is 6.71. The number of nitrogens with one attached hydrogen (secondary N) is 1. The van der Waals surface area contributed by atoms with Crippen LogP contribution in [0, 0.1) is 0 Å². The average Bonchev–Trinajstić information content (AvgIpc) is 3.13. The van der Waals surface area contributed by atoms with Crippen molar-refractivity contribution in [3.63, 3.8) is 0 Å². The molecule has 0 saturated carbocycles. The Hall–Kier alpha value is -2.58. The highest BCUT2D eigenvalue weighted by Crippen LogP contribution is 2.42. The zero-order chi connectivity index (χ0) is 22.8. The Morgan fingerprint density at radius 1 is 1.19 bits per heavy atom. The number of rotatable bonds is 5. The van der Waals surface area contributed by atoms with Gasteiger partial charge in [0.05, 0.1) is 28.8 Å². The molecule has 4 rings (SSSR count). The van der Waals surface area contributed by atoms with E-state index in [1.807, 2.05) is 6.07 Å². The number of carbonyl (C=O) groups is 2. The van der Waals surface area contributed by atoms with Crippen molar-refractivity contribution in [1.82, 2.24) is 5.32 Å². The summed E-state index contributed by atoms with van der Waals surface area (Å²) in [5.41, 5.74) is 2.78. The maximum atomic E-state index is 13.2. The van der Waals surface area contributed by atoms with Gasteiger partial charge < -0.3 is 20.1 Å². The molecule has 1 aliphatic rings. The molecule has 9 heteroatoms. The van der Waals surface area contributed by atoms with Gasteiger partial charge in [0, 0.05) is 41.0 Å². The number of aliphatic hydroxyl groups is 1. The molecule has 2 N–H and O–H groups in total. The Morgan fingerprint density at radius 2 is 2.00 bits per heavy atom. The summed E-state index contributed by atoms with van der Waals surface area (Å²) in [6.45, 7) is 0.514. The topological polar surface area (TPSA) is 78.9 Å². The highest BCUT2D eigenvalue weighted by Gasteiger charge is 2.25. The Morgan fingerprint density at radius 3 is 2.75 bits per heavy atom. The predicted octanol–water partition coefficient (Wildman–Crippen LogP) is 4.66. The molecular formula is C23H20Cl2N2O4S. The molecular weight excluding hydrogens is 471 g/mol. The lowest BCUT2D eigenvalue weighted by Gasteiger charge is -2.18. The zero-order valence-electron chi connectivity index (χ0n) is 17.2. The first-order valence-corrected chi connectivity index (χ1v) is 11.5. The lowest BCUT2D eigenvalue weighted by atomic mass is 10.0. The summed E-state index contributed by atoms with van der Waals surface area (Å²) < 4.78 is 5.86. The van der Waals surface area contributed by atoms with Crippen LogP contribution in [0.25, 0.3) is 10.4 Å². The van der Waals surface area contributed by atoms with Crippen LogP contribution in [0.2, 0.25) is 10.0 Å². The van der Waals surface area contributed by atoms with Crippen molar-refractivity contribution in [2.24, 2.45) is 0 Å². The first kappa shape index (κ1) is 22.6. The molecule has 32 heavy (non-hydrogen) atoms. The van der Waals surface area contributed by atoms with E-state index in [2.05, 4.69) is 5.32 Å². The van der Waals surface area contributed by atoms with Crippen LogP contribution >= 0.6 is 34.5 Å². The molecule has 0 bridgehead atoms. The van der Waals surface area contributed by atoms with Gasteiger partial charge in [-0.3, -0.25) is 9.59 Å². The van der Waals surface area contributed by atoms with E-state index in [0.29, 0.717) is 45.0 Å². The molecule has 1 aromatic heterocycles. The van der Waals surface area contributed by atoms with E-state index < -0.39 is 0 Å². The summed E-state index contributed by atoms with van der Waals surface area (Å²) in [4.78, 5) is 28.5. The Labute approximate surface area is 199 Å². The Bertz CT molecular complexity index is 1190. The third-order valence-corrected chi connectivity index (χ3v) is 6.84. The van der Waals surface area contributed by atoms with Crippen molar-refractivity contribution < 1.29 is 19.4 Å². The second kappa shape index (κ2) is 9.50. The fraction of sp³-hybridized carbons (Fsp3) is 0.217. The summed E-state index contributed by atoms with van der Waals surface area (Å²) >= 11 is 13.6. The van der Waals surface area contributed by atoms with Crippen LogP contribution in [0.15, 0.2) is 42.5 Å². The fourth-order valence-corrected chi connectivity index (χ4v) is 5.23. The smallest absolute Gasteiger partial charge is 0.268 e. The number of anilines is 1. The molecule has 0 fully saturated rings. The molecule has 2 aromatic carbocycles. The first-order chi connectivity index (χ1) is 15.4. The number of ether oxygens (including phenoxy) is 1. The van der Waals surface area contributed by atoms with Crippen LogP contribution in [-0.2, 0) is 6.42 Å². The molecule has 2 heterocycles. The largest absolute Gasteiger partial charge is 0.493 e. The van der Waals surface area contributed by atoms with Crippen LogP contribution < -0.4 is 15.0 Å². The number of nitrogens with zero attached hydrogens (tertiary/aromatic N) is 1. The first-order valence-electron chi connectivity index (χ1n) is 9.91. The van der Waals surface area contributed by atoms with Crippen LogP contribution in [0.3, 0.4) is 0 Å². The standard InChI is InChI=1S/C23H20Cl2N2O4S/c1-27(18-4-3-15(24)12-17(18)25)23(30)20-11-13-6-9-31-19-5-2-14(22(29)26-7-8-28)10-16(19)21(13)32-20/h2-5,10-12,28H,6-9H2,1H3,(H,26,29). The van der Waals surface area contributed by atoms with E-state index in [0.717, 1.165) is 16.0 Å². The van der Waals surface area contributed by atoms with Crippen molar-refractivity contribution >= 4 is 52.0 Å². The summed E-state index contributed by atoms with van der Waals surface area (Å²) in [5.74, 6) is 0.196. The highest BCUT2D eigenvalue weighted by molar-refractivity contribution is 7.17. The summed E-state index contributed by atoms with van der Waals surface area (Å²) in [6, 6.07) is 12.1. The third kappa shape index (κ3) is 4.47. The number of benzene rings is 2. The number of amides is 2. The summed E-state index contributed by atoms with van der Waals surface area (Å²) in [6.07, 6.45) is 0.644. The van der Waals surface area contributed by atoms with Gasteiger partial charge in [-0.2, -0.15) is 0 Å². The second-order valence-corrected chi connectivity index (χ2v) is 9.11. The van der Waals surface area contributed by atoms with E-state index in [-0.39, 0.29) is 25.0 Å². The van der Waals surface area contributed by atoms with E-state index in [9.17, 15) is 9.59 Å². The van der Waals surface area contributed by atoms with Crippen LogP contribution in [0.5, 0.6) is 5.75 Å². The Balaban J connectivity index is 1.68. The molecule has 1 aliphatic heterocycles. The van der Waals surface area contributed by atoms with E-state index in [1.54, 1.807) is 43.4 Å². The van der Waals surface area contributed by atoms with Crippen molar-refractivity contribution in [2.45, 2.75) is 6.42 Å². The second-order valence-electron chi connectivity index (χ2n) is 7.21. The molecule has 0 saturated heterocycles. The lowest BCUT2D eigenvalue weighted by Crippen LogP contribution is -2.26. The van der Waals surface area contributed by atoms with Gasteiger partial charge in [-0.05, 0) is 48.0 Å². The summed E-state index contributed by atoms with van der Waals surface area (Å²) in [5, 5.41) is 12.5. The number of halogens is 2. The lowest BCUT2D eigenvalue weighted by molar-refractivity contribution is 0.0943. The van der Waals surface area contributed by atoms with E-state index in [1.165, 1.54) is 16.2 Å². The molecule has 0 radical (unpaired) electrons. The molecule has 6 nitrogen and oxygen atoms in total. The minimum atomic E-state index is -0.280. The molecule has 3 aromatic rings. The third-order valence-electron chi connectivity index (χ3n) is 5.11. The van der Waals surface area contributed by atoms with Gasteiger partial charge in [0.15, 0.2) is 0 Å². The maximum Gasteiger partial charge on any atom is 0.268 e.